The molecule has 25 heavy (non-hydrogen) atoms. The minimum atomic E-state index is -6.31. The largest absolute Gasteiger partial charge is 0.455 e. The van der Waals surface area contributed by atoms with Gasteiger partial charge in [0, 0.05) is 12.6 Å². The Hall–Kier alpha value is -2.37. The Balaban J connectivity index is 2.39. The first-order chi connectivity index (χ1) is 11.3. The van der Waals surface area contributed by atoms with E-state index in [9.17, 15) is 35.5 Å². The van der Waals surface area contributed by atoms with Crippen molar-refractivity contribution in [2.24, 2.45) is 4.99 Å². The zero-order valence-corrected chi connectivity index (χ0v) is 12.2. The lowest BCUT2D eigenvalue weighted by atomic mass is 10.00. The average Bonchev–Trinajstić information content (AvgIpc) is 2.91. The summed E-state index contributed by atoms with van der Waals surface area (Å²) in [6.07, 6.45) is -6.31. The zero-order valence-electron chi connectivity index (χ0n) is 12.2. The van der Waals surface area contributed by atoms with Crippen LogP contribution in [0.1, 0.15) is 5.56 Å². The third kappa shape index (κ3) is 3.13. The first-order valence-electron chi connectivity index (χ1n) is 6.43. The van der Waals surface area contributed by atoms with Gasteiger partial charge in [0.1, 0.15) is 5.82 Å². The van der Waals surface area contributed by atoms with Gasteiger partial charge in [0.15, 0.2) is 6.61 Å². The highest BCUT2D eigenvalue weighted by Gasteiger charge is 2.71. The maximum Gasteiger partial charge on any atom is 0.455 e. The Morgan fingerprint density at radius 1 is 1.20 bits per heavy atom. The van der Waals surface area contributed by atoms with E-state index < -0.39 is 47.5 Å². The third-order valence-corrected chi connectivity index (χ3v) is 3.30. The summed E-state index contributed by atoms with van der Waals surface area (Å²) in [5.74, 6) is -13.5. The molecule has 0 radical (unpaired) electrons. The van der Waals surface area contributed by atoms with Crippen LogP contribution in [0.4, 0.5) is 36.4 Å². The molecule has 5 nitrogen and oxygen atoms in total. The van der Waals surface area contributed by atoms with Crippen LogP contribution in [0.5, 0.6) is 0 Å². The maximum absolute atomic E-state index is 14.0. The molecular weight excluding hydrogens is 365 g/mol. The van der Waals surface area contributed by atoms with Gasteiger partial charge in [-0.05, 0) is 12.1 Å². The predicted molar refractivity (Wildman–Crippen MR) is 69.2 cm³/mol. The molecule has 0 aromatic heterocycles. The maximum atomic E-state index is 14.0. The molecule has 0 saturated heterocycles. The second-order valence-corrected chi connectivity index (χ2v) is 5.00. The summed E-state index contributed by atoms with van der Waals surface area (Å²) >= 11 is 0. The minimum Gasteiger partial charge on any atom is -0.454 e. The van der Waals surface area contributed by atoms with Crippen LogP contribution in [0.25, 0.3) is 0 Å². The topological polar surface area (TPSA) is 62.1 Å². The fourth-order valence-corrected chi connectivity index (χ4v) is 1.92. The van der Waals surface area contributed by atoms with Crippen molar-refractivity contribution < 1.29 is 45.4 Å². The van der Waals surface area contributed by atoms with E-state index in [4.69, 9.17) is 9.84 Å². The molecule has 0 fully saturated rings. The molecule has 1 aliphatic heterocycles. The van der Waals surface area contributed by atoms with Crippen LogP contribution in [0.15, 0.2) is 23.2 Å². The second kappa shape index (κ2) is 5.86. The zero-order chi connectivity index (χ0) is 19.2. The smallest absolute Gasteiger partial charge is 0.454 e. The third-order valence-electron chi connectivity index (χ3n) is 3.30. The predicted octanol–water partition coefficient (Wildman–Crippen LogP) is 2.49. The van der Waals surface area contributed by atoms with E-state index in [1.165, 1.54) is 0 Å². The van der Waals surface area contributed by atoms with Crippen molar-refractivity contribution in [3.63, 3.8) is 0 Å². The van der Waals surface area contributed by atoms with Crippen molar-refractivity contribution in [1.29, 1.82) is 0 Å². The van der Waals surface area contributed by atoms with Crippen molar-refractivity contribution in [2.75, 3.05) is 18.6 Å². The first-order valence-corrected chi connectivity index (χ1v) is 6.43. The lowest BCUT2D eigenvalue weighted by Crippen LogP contribution is -2.53. The van der Waals surface area contributed by atoms with Gasteiger partial charge in [-0.1, -0.05) is 6.07 Å². The van der Waals surface area contributed by atoms with Gasteiger partial charge in [-0.3, -0.25) is 9.69 Å². The number of amidine groups is 1. The summed E-state index contributed by atoms with van der Waals surface area (Å²) in [7, 11) is 1.15. The number of benzene rings is 1. The van der Waals surface area contributed by atoms with Crippen LogP contribution < -0.4 is 4.90 Å². The number of hydrogen-bond acceptors (Lipinski definition) is 4. The summed E-state index contributed by atoms with van der Waals surface area (Å²) in [5.41, 5.74) is -2.22. The molecule has 1 atom stereocenters. The fourth-order valence-electron chi connectivity index (χ4n) is 1.92. The number of aliphatic imine (C=N–C) groups is 1. The van der Waals surface area contributed by atoms with Crippen LogP contribution in [-0.4, -0.2) is 42.7 Å². The number of hydrogen-bond donors (Lipinski definition) is 1. The van der Waals surface area contributed by atoms with E-state index in [1.807, 2.05) is 0 Å². The van der Waals surface area contributed by atoms with Gasteiger partial charge in [0.05, 0.1) is 5.69 Å². The number of nitrogens with zero attached hydrogens (tertiary/aromatic N) is 2. The van der Waals surface area contributed by atoms with Gasteiger partial charge in [0.25, 0.3) is 11.9 Å². The van der Waals surface area contributed by atoms with Gasteiger partial charge in [0.2, 0.25) is 0 Å². The highest BCUT2D eigenvalue weighted by molar-refractivity contribution is 6.03. The van der Waals surface area contributed by atoms with Crippen LogP contribution >= 0.6 is 0 Å². The number of halogens is 7. The summed E-state index contributed by atoms with van der Waals surface area (Å²) in [6.45, 7) is -0.419. The number of alkyl halides is 6. The SMILES string of the molecule is CN(C1=NC(=O)CO1)c1ccc(C(F)(F)C(O)(F)C(F)(F)F)cc1F. The van der Waals surface area contributed by atoms with E-state index in [-0.39, 0.29) is 12.1 Å². The quantitative estimate of drug-likeness (QED) is 0.826. The van der Waals surface area contributed by atoms with Crippen molar-refractivity contribution >= 4 is 17.6 Å². The normalized spacial score (nSPS) is 17.8. The standard InChI is InChI=1S/C13H9F7N2O3/c1-22(10-21-9(23)5-25-10)8-3-2-6(4-7(8)14)11(15,16)12(17,24)13(18,19)20/h2-4,24H,5H2,1H3. The van der Waals surface area contributed by atoms with E-state index in [1.54, 1.807) is 0 Å². The Labute approximate surface area is 135 Å². The van der Waals surface area contributed by atoms with Gasteiger partial charge in [-0.15, -0.1) is 0 Å². The molecule has 1 aromatic carbocycles. The molecule has 0 bridgehead atoms. The van der Waals surface area contributed by atoms with E-state index in [0.29, 0.717) is 12.1 Å². The molecule has 0 saturated carbocycles. The highest BCUT2D eigenvalue weighted by atomic mass is 19.4. The number of carbonyl (C=O) groups excluding carboxylic acids is 1. The van der Waals surface area contributed by atoms with E-state index in [0.717, 1.165) is 11.9 Å². The van der Waals surface area contributed by atoms with E-state index in [2.05, 4.69) is 4.99 Å². The number of anilines is 1. The van der Waals surface area contributed by atoms with Crippen molar-refractivity contribution in [1.82, 2.24) is 0 Å². The van der Waals surface area contributed by atoms with Gasteiger partial charge < -0.3 is 9.84 Å². The summed E-state index contributed by atoms with van der Waals surface area (Å²) in [6, 6.07) is 0.461. The number of amides is 1. The van der Waals surface area contributed by atoms with Crippen molar-refractivity contribution in [3.05, 3.63) is 29.6 Å². The Bertz CT molecular complexity index is 731. The van der Waals surface area contributed by atoms with E-state index >= 15 is 0 Å². The van der Waals surface area contributed by atoms with Gasteiger partial charge in [-0.2, -0.15) is 31.3 Å². The Morgan fingerprint density at radius 2 is 1.80 bits per heavy atom. The molecule has 1 aliphatic rings. The number of aliphatic hydroxyl groups is 1. The molecule has 1 unspecified atom stereocenters. The number of ether oxygens (including phenoxy) is 1. The molecule has 1 N–H and O–H groups in total. The summed E-state index contributed by atoms with van der Waals surface area (Å²) < 4.78 is 96.2. The average molecular weight is 374 g/mol. The molecule has 2 rings (SSSR count). The van der Waals surface area contributed by atoms with Gasteiger partial charge in [-0.25, -0.2) is 4.39 Å². The van der Waals surface area contributed by atoms with Crippen LogP contribution in [0, 0.1) is 5.82 Å². The first kappa shape index (κ1) is 19.0. The monoisotopic (exact) mass is 374 g/mol. The number of carbonyl (C=O) groups is 1. The Kier molecular flexibility index (Phi) is 4.45. The highest BCUT2D eigenvalue weighted by Crippen LogP contribution is 2.49. The van der Waals surface area contributed by atoms with Crippen LogP contribution in [-0.2, 0) is 15.5 Å². The molecule has 138 valence electrons. The Morgan fingerprint density at radius 3 is 2.24 bits per heavy atom. The molecule has 1 amide bonds. The minimum absolute atomic E-state index is 0.0700. The van der Waals surface area contributed by atoms with Crippen molar-refractivity contribution in [3.8, 4) is 0 Å². The molecule has 1 heterocycles. The van der Waals surface area contributed by atoms with Gasteiger partial charge >= 0.3 is 18.0 Å². The summed E-state index contributed by atoms with van der Waals surface area (Å²) in [4.78, 5) is 15.2. The van der Waals surface area contributed by atoms with Crippen LogP contribution in [0.2, 0.25) is 0 Å². The molecular formula is C13H9F7N2O3. The second-order valence-electron chi connectivity index (χ2n) is 5.00. The molecule has 12 heteroatoms. The lowest BCUT2D eigenvalue weighted by Gasteiger charge is -2.30. The fraction of sp³-hybridized carbons (Fsp3) is 0.385. The lowest BCUT2D eigenvalue weighted by molar-refractivity contribution is -0.390. The molecule has 0 aliphatic carbocycles. The van der Waals surface area contributed by atoms with Crippen LogP contribution in [0.3, 0.4) is 0 Å². The van der Waals surface area contributed by atoms with Crippen molar-refractivity contribution in [2.45, 2.75) is 18.0 Å². The molecule has 1 aromatic rings. The summed E-state index contributed by atoms with van der Waals surface area (Å²) in [5, 5.41) is 8.55. The molecule has 0 spiro atoms. The number of rotatable bonds is 3.